The van der Waals surface area contributed by atoms with Crippen LogP contribution in [0.25, 0.3) is 22.8 Å². The molecule has 0 aliphatic carbocycles. The molecule has 1 saturated heterocycles. The molecule has 0 unspecified atom stereocenters. The molecule has 1 aliphatic heterocycles. The highest BCUT2D eigenvalue weighted by Crippen LogP contribution is 2.31. The van der Waals surface area contributed by atoms with Gasteiger partial charge in [0.25, 0.3) is 5.89 Å². The number of nitrogens with zero attached hydrogens (tertiary/aromatic N) is 3. The molecule has 1 fully saturated rings. The first-order valence-corrected chi connectivity index (χ1v) is 11.1. The van der Waals surface area contributed by atoms with Crippen molar-refractivity contribution in [2.75, 3.05) is 13.1 Å². The van der Waals surface area contributed by atoms with Gasteiger partial charge in [-0.3, -0.25) is 9.69 Å². The highest BCUT2D eigenvalue weighted by Gasteiger charge is 2.32. The van der Waals surface area contributed by atoms with Crippen molar-refractivity contribution in [1.29, 1.82) is 0 Å². The summed E-state index contributed by atoms with van der Waals surface area (Å²) >= 11 is 1.61. The fourth-order valence-electron chi connectivity index (χ4n) is 3.63. The Hall–Kier alpha value is -3.49. The fraction of sp³-hybridized carbons (Fsp3) is 0.208. The van der Waals surface area contributed by atoms with Gasteiger partial charge in [0.2, 0.25) is 5.82 Å². The second-order valence-electron chi connectivity index (χ2n) is 7.85. The van der Waals surface area contributed by atoms with Crippen LogP contribution in [0.5, 0.6) is 11.5 Å². The predicted molar refractivity (Wildman–Crippen MR) is 121 cm³/mol. The van der Waals surface area contributed by atoms with Gasteiger partial charge in [-0.1, -0.05) is 23.4 Å². The lowest BCUT2D eigenvalue weighted by Gasteiger charge is -2.36. The molecule has 2 aromatic carbocycles. The second-order valence-corrected chi connectivity index (χ2v) is 8.85. The average molecular weight is 448 g/mol. The highest BCUT2D eigenvalue weighted by molar-refractivity contribution is 7.10. The Morgan fingerprint density at radius 2 is 2.00 bits per heavy atom. The van der Waals surface area contributed by atoms with Gasteiger partial charge in [0.15, 0.2) is 0 Å². The van der Waals surface area contributed by atoms with Crippen LogP contribution in [0.1, 0.15) is 10.4 Å². The fourth-order valence-corrected chi connectivity index (χ4v) is 4.53. The normalized spacial score (nSPS) is 14.3. The zero-order chi connectivity index (χ0) is 22.1. The molecule has 2 aromatic heterocycles. The summed E-state index contributed by atoms with van der Waals surface area (Å²) in [5, 5.41) is 15.1. The maximum atomic E-state index is 11.0. The van der Waals surface area contributed by atoms with Crippen LogP contribution < -0.4 is 4.74 Å². The van der Waals surface area contributed by atoms with E-state index >= 15 is 0 Å². The first-order valence-electron chi connectivity index (χ1n) is 10.3. The van der Waals surface area contributed by atoms with Gasteiger partial charge in [0.1, 0.15) is 11.5 Å². The lowest BCUT2D eigenvalue weighted by Crippen LogP contribution is -2.49. The van der Waals surface area contributed by atoms with E-state index in [1.165, 1.54) is 0 Å². The number of carbonyl (C=O) groups is 1. The molecule has 0 amide bonds. The summed E-state index contributed by atoms with van der Waals surface area (Å²) in [6.45, 7) is 3.91. The van der Waals surface area contributed by atoms with Crippen LogP contribution in [-0.2, 0) is 11.3 Å². The number of thiophene rings is 1. The number of carboxylic acids is 1. The number of aromatic nitrogens is 2. The number of hydrogen-bond donors (Lipinski definition) is 1. The van der Waals surface area contributed by atoms with Crippen LogP contribution in [0.3, 0.4) is 0 Å². The monoisotopic (exact) mass is 447 g/mol. The molecular weight excluding hydrogens is 426 g/mol. The van der Waals surface area contributed by atoms with Crippen LogP contribution in [0, 0.1) is 12.8 Å². The number of benzene rings is 2. The van der Waals surface area contributed by atoms with Gasteiger partial charge >= 0.3 is 5.97 Å². The molecule has 3 heterocycles. The van der Waals surface area contributed by atoms with E-state index in [2.05, 4.69) is 15.0 Å². The number of ether oxygens (including phenoxy) is 1. The second kappa shape index (κ2) is 8.57. The van der Waals surface area contributed by atoms with E-state index in [4.69, 9.17) is 14.4 Å². The Balaban J connectivity index is 1.26. The van der Waals surface area contributed by atoms with Crippen molar-refractivity contribution in [3.8, 4) is 34.3 Å². The van der Waals surface area contributed by atoms with Gasteiger partial charge in [-0.05, 0) is 48.9 Å². The van der Waals surface area contributed by atoms with Crippen molar-refractivity contribution in [3.63, 3.8) is 0 Å². The van der Waals surface area contributed by atoms with Gasteiger partial charge in [-0.15, -0.1) is 11.3 Å². The molecule has 0 saturated carbocycles. The number of aliphatic carboxylic acids is 1. The maximum absolute atomic E-state index is 11.0. The molecule has 0 radical (unpaired) electrons. The molecule has 4 aromatic rings. The zero-order valence-electron chi connectivity index (χ0n) is 17.4. The van der Waals surface area contributed by atoms with Crippen LogP contribution >= 0.6 is 11.3 Å². The summed E-state index contributed by atoms with van der Waals surface area (Å²) in [7, 11) is 0. The van der Waals surface area contributed by atoms with Gasteiger partial charge in [0, 0.05) is 41.0 Å². The Labute approximate surface area is 188 Å². The standard InChI is InChI=1S/C24H21N3O4S/c1-15-9-16(7-8-21(15)30-19-5-3-2-4-6-19)23-25-22(26-31-23)17-10-20(32-14-17)13-27-11-18(12-27)24(28)29/h2-10,14,18H,11-13H2,1H3,(H,28,29). The molecule has 0 bridgehead atoms. The first kappa shape index (κ1) is 20.4. The Bertz CT molecular complexity index is 1250. The predicted octanol–water partition coefficient (Wildman–Crippen LogP) is 5.08. The summed E-state index contributed by atoms with van der Waals surface area (Å²) in [6.07, 6.45) is 0. The van der Waals surface area contributed by atoms with Crippen molar-refractivity contribution in [2.45, 2.75) is 13.5 Å². The van der Waals surface area contributed by atoms with Crippen molar-refractivity contribution < 1.29 is 19.2 Å². The molecular formula is C24H21N3O4S. The van der Waals surface area contributed by atoms with Crippen molar-refractivity contribution in [1.82, 2.24) is 15.0 Å². The zero-order valence-corrected chi connectivity index (χ0v) is 18.2. The van der Waals surface area contributed by atoms with E-state index in [0.29, 0.717) is 24.8 Å². The van der Waals surface area contributed by atoms with E-state index in [9.17, 15) is 4.79 Å². The van der Waals surface area contributed by atoms with Crippen LogP contribution in [-0.4, -0.2) is 39.2 Å². The first-order chi connectivity index (χ1) is 15.5. The number of aryl methyl sites for hydroxylation is 1. The van der Waals surface area contributed by atoms with Crippen molar-refractivity contribution in [3.05, 3.63) is 70.4 Å². The molecule has 162 valence electrons. The Morgan fingerprint density at radius 1 is 1.19 bits per heavy atom. The summed E-state index contributed by atoms with van der Waals surface area (Å²) in [6, 6.07) is 17.5. The van der Waals surface area contributed by atoms with Crippen LogP contribution in [0.2, 0.25) is 0 Å². The lowest BCUT2D eigenvalue weighted by atomic mass is 10.0. The number of hydrogen-bond acceptors (Lipinski definition) is 7. The van der Waals surface area contributed by atoms with Crippen LogP contribution in [0.4, 0.5) is 0 Å². The topological polar surface area (TPSA) is 88.7 Å². The summed E-state index contributed by atoms with van der Waals surface area (Å²) in [5.74, 6) is 1.59. The third-order valence-electron chi connectivity index (χ3n) is 5.42. The number of rotatable bonds is 7. The molecule has 1 aliphatic rings. The minimum Gasteiger partial charge on any atom is -0.481 e. The number of para-hydroxylation sites is 1. The Morgan fingerprint density at radius 3 is 2.75 bits per heavy atom. The quantitative estimate of drug-likeness (QED) is 0.422. The third-order valence-corrected chi connectivity index (χ3v) is 6.34. The van der Waals surface area contributed by atoms with E-state index in [1.807, 2.05) is 66.9 Å². The minimum atomic E-state index is -0.720. The smallest absolute Gasteiger partial charge is 0.309 e. The van der Waals surface area contributed by atoms with E-state index in [1.54, 1.807) is 11.3 Å². The van der Waals surface area contributed by atoms with Gasteiger partial charge < -0.3 is 14.4 Å². The summed E-state index contributed by atoms with van der Waals surface area (Å²) in [5.41, 5.74) is 2.70. The molecule has 5 rings (SSSR count). The van der Waals surface area contributed by atoms with E-state index in [-0.39, 0.29) is 5.92 Å². The Kier molecular flexibility index (Phi) is 5.46. The average Bonchev–Trinajstić information content (AvgIpc) is 3.42. The molecule has 32 heavy (non-hydrogen) atoms. The minimum absolute atomic E-state index is 0.248. The SMILES string of the molecule is Cc1cc(-c2nc(-c3csc(CN4CC(C(=O)O)C4)c3)no2)ccc1Oc1ccccc1. The van der Waals surface area contributed by atoms with E-state index in [0.717, 1.165) is 39.6 Å². The highest BCUT2D eigenvalue weighted by atomic mass is 32.1. The van der Waals surface area contributed by atoms with Crippen molar-refractivity contribution >= 4 is 17.3 Å². The molecule has 0 atom stereocenters. The third kappa shape index (κ3) is 4.28. The van der Waals surface area contributed by atoms with Gasteiger partial charge in [-0.25, -0.2) is 0 Å². The van der Waals surface area contributed by atoms with Crippen LogP contribution in [0.15, 0.2) is 64.5 Å². The number of carboxylic acid groups (broad SMARTS) is 1. The van der Waals surface area contributed by atoms with Gasteiger partial charge in [0.05, 0.1) is 5.92 Å². The van der Waals surface area contributed by atoms with Gasteiger partial charge in [-0.2, -0.15) is 4.98 Å². The van der Waals surface area contributed by atoms with Crippen molar-refractivity contribution in [2.24, 2.45) is 5.92 Å². The molecule has 1 N–H and O–H groups in total. The lowest BCUT2D eigenvalue weighted by molar-refractivity contribution is -0.147. The summed E-state index contributed by atoms with van der Waals surface area (Å²) in [4.78, 5) is 18.8. The van der Waals surface area contributed by atoms with E-state index < -0.39 is 5.97 Å². The largest absolute Gasteiger partial charge is 0.481 e. The maximum Gasteiger partial charge on any atom is 0.309 e. The molecule has 0 spiro atoms. The molecule has 7 nitrogen and oxygen atoms in total. The number of likely N-dealkylation sites (tertiary alicyclic amines) is 1. The molecule has 8 heteroatoms. The summed E-state index contributed by atoms with van der Waals surface area (Å²) < 4.78 is 11.4.